The van der Waals surface area contributed by atoms with Crippen molar-refractivity contribution in [3.8, 4) is 0 Å². The first kappa shape index (κ1) is 11.6. The molecule has 0 heterocycles. The predicted molar refractivity (Wildman–Crippen MR) is 48.3 cm³/mol. The highest BCUT2D eigenvalue weighted by Gasteiger charge is 2.13. The van der Waals surface area contributed by atoms with Crippen LogP contribution in [0.4, 0.5) is 4.79 Å². The number of rotatable bonds is 3. The van der Waals surface area contributed by atoms with Gasteiger partial charge in [0.2, 0.25) is 0 Å². The van der Waals surface area contributed by atoms with Crippen molar-refractivity contribution in [3.63, 3.8) is 0 Å². The Hall–Kier alpha value is -1.40. The van der Waals surface area contributed by atoms with E-state index in [2.05, 4.69) is 22.7 Å². The minimum atomic E-state index is -0.585. The van der Waals surface area contributed by atoms with Crippen LogP contribution in [0.3, 0.4) is 0 Å². The quantitative estimate of drug-likeness (QED) is 0.405. The Morgan fingerprint density at radius 2 is 1.69 bits per heavy atom. The molecule has 3 N–H and O–H groups in total. The largest absolute Gasteiger partial charge is 0.353 e. The fourth-order valence-corrected chi connectivity index (χ4v) is 0.575. The molecule has 0 aromatic carbocycles. The van der Waals surface area contributed by atoms with Crippen LogP contribution in [0.2, 0.25) is 0 Å². The molecule has 0 aliphatic heterocycles. The van der Waals surface area contributed by atoms with E-state index < -0.39 is 11.9 Å². The summed E-state index contributed by atoms with van der Waals surface area (Å²) in [5, 5.41) is 3.13. The molecular formula is C7H14N4O2. The number of imide groups is 1. The first-order valence-electron chi connectivity index (χ1n) is 3.68. The molecule has 6 nitrogen and oxygen atoms in total. The second-order valence-corrected chi connectivity index (χ2v) is 2.32. The van der Waals surface area contributed by atoms with Gasteiger partial charge < -0.3 is 0 Å². The first-order valence-corrected chi connectivity index (χ1v) is 3.68. The van der Waals surface area contributed by atoms with Crippen LogP contribution in [0, 0.1) is 0 Å². The SMILES string of the molecule is C=C(C)C(=O)NC(=O)N(NC)NC. The van der Waals surface area contributed by atoms with Gasteiger partial charge >= 0.3 is 6.03 Å². The molecule has 0 aromatic heterocycles. The van der Waals surface area contributed by atoms with Crippen LogP contribution in [-0.2, 0) is 4.79 Å². The van der Waals surface area contributed by atoms with Crippen LogP contribution < -0.4 is 16.2 Å². The number of nitrogens with zero attached hydrogens (tertiary/aromatic N) is 1. The third-order valence-electron chi connectivity index (χ3n) is 1.26. The summed E-state index contributed by atoms with van der Waals surface area (Å²) < 4.78 is 0. The molecule has 0 bridgehead atoms. The topological polar surface area (TPSA) is 73.5 Å². The maximum Gasteiger partial charge on any atom is 0.353 e. The van der Waals surface area contributed by atoms with Crippen molar-refractivity contribution in [1.29, 1.82) is 0 Å². The van der Waals surface area contributed by atoms with Crippen LogP contribution in [-0.4, -0.2) is 31.2 Å². The maximum absolute atomic E-state index is 11.1. The molecule has 0 aliphatic rings. The van der Waals surface area contributed by atoms with Gasteiger partial charge in [-0.2, -0.15) is 5.12 Å². The summed E-state index contributed by atoms with van der Waals surface area (Å²) in [5.41, 5.74) is 5.33. The second kappa shape index (κ2) is 5.28. The van der Waals surface area contributed by atoms with Gasteiger partial charge in [-0.25, -0.2) is 15.6 Å². The molecule has 0 fully saturated rings. The molecule has 0 unspecified atom stereocenters. The number of hydrogen-bond donors (Lipinski definition) is 3. The molecule has 0 atom stereocenters. The number of nitrogens with one attached hydrogen (secondary N) is 3. The smallest absolute Gasteiger partial charge is 0.272 e. The normalized spacial score (nSPS) is 9.15. The standard InChI is InChI=1S/C7H14N4O2/c1-5(2)6(12)10-7(13)11(8-3)9-4/h8-9H,1H2,2-4H3,(H,10,12,13). The van der Waals surface area contributed by atoms with Crippen LogP contribution in [0.1, 0.15) is 6.92 Å². The minimum Gasteiger partial charge on any atom is -0.272 e. The Labute approximate surface area is 76.9 Å². The van der Waals surface area contributed by atoms with Crippen LogP contribution in [0.25, 0.3) is 0 Å². The molecule has 0 saturated heterocycles. The fourth-order valence-electron chi connectivity index (χ4n) is 0.575. The molecule has 0 rings (SSSR count). The highest BCUT2D eigenvalue weighted by atomic mass is 16.2. The van der Waals surface area contributed by atoms with Gasteiger partial charge in [0.25, 0.3) is 5.91 Å². The average molecular weight is 186 g/mol. The lowest BCUT2D eigenvalue weighted by Crippen LogP contribution is -2.54. The number of carbonyl (C=O) groups is 2. The van der Waals surface area contributed by atoms with Gasteiger partial charge in [-0.15, -0.1) is 0 Å². The summed E-state index contributed by atoms with van der Waals surface area (Å²) in [5.74, 6) is -0.500. The molecule has 0 aromatic rings. The molecule has 3 amide bonds. The van der Waals surface area contributed by atoms with Crippen molar-refractivity contribution in [2.75, 3.05) is 14.1 Å². The molecule has 0 aliphatic carbocycles. The van der Waals surface area contributed by atoms with E-state index in [9.17, 15) is 9.59 Å². The predicted octanol–water partition coefficient (Wildman–Crippen LogP) is -0.630. The molecule has 13 heavy (non-hydrogen) atoms. The molecule has 0 radical (unpaired) electrons. The molecule has 0 saturated carbocycles. The van der Waals surface area contributed by atoms with Crippen LogP contribution in [0.15, 0.2) is 12.2 Å². The number of hydrogen-bond acceptors (Lipinski definition) is 4. The second-order valence-electron chi connectivity index (χ2n) is 2.32. The van der Waals surface area contributed by atoms with E-state index in [4.69, 9.17) is 0 Å². The lowest BCUT2D eigenvalue weighted by Gasteiger charge is -2.19. The molecule has 0 spiro atoms. The summed E-state index contributed by atoms with van der Waals surface area (Å²) in [7, 11) is 3.09. The van der Waals surface area contributed by atoms with Gasteiger partial charge in [0.05, 0.1) is 0 Å². The van der Waals surface area contributed by atoms with Crippen molar-refractivity contribution < 1.29 is 9.59 Å². The minimum absolute atomic E-state index is 0.278. The third-order valence-corrected chi connectivity index (χ3v) is 1.26. The number of carbonyl (C=O) groups excluding carboxylic acids is 2. The van der Waals surface area contributed by atoms with Crippen molar-refractivity contribution in [2.45, 2.75) is 6.92 Å². The summed E-state index contributed by atoms with van der Waals surface area (Å²) >= 11 is 0. The third kappa shape index (κ3) is 3.68. The van der Waals surface area contributed by atoms with E-state index in [-0.39, 0.29) is 5.57 Å². The Morgan fingerprint density at radius 3 is 2.00 bits per heavy atom. The van der Waals surface area contributed by atoms with Crippen LogP contribution >= 0.6 is 0 Å². The van der Waals surface area contributed by atoms with E-state index in [0.717, 1.165) is 5.12 Å². The lowest BCUT2D eigenvalue weighted by molar-refractivity contribution is -0.116. The maximum atomic E-state index is 11.1. The monoisotopic (exact) mass is 186 g/mol. The number of urea groups is 1. The summed E-state index contributed by atoms with van der Waals surface area (Å²) in [6.07, 6.45) is 0. The number of hydrazine groups is 2. The van der Waals surface area contributed by atoms with Gasteiger partial charge in [-0.1, -0.05) is 6.58 Å². The van der Waals surface area contributed by atoms with E-state index in [1.165, 1.54) is 6.92 Å². The van der Waals surface area contributed by atoms with E-state index in [1.807, 2.05) is 0 Å². The summed E-state index contributed by atoms with van der Waals surface area (Å²) in [6.45, 7) is 4.92. The van der Waals surface area contributed by atoms with Crippen molar-refractivity contribution in [1.82, 2.24) is 21.3 Å². The zero-order chi connectivity index (χ0) is 10.4. The average Bonchev–Trinajstić information content (AvgIpc) is 2.06. The summed E-state index contributed by atoms with van der Waals surface area (Å²) in [4.78, 5) is 22.1. The van der Waals surface area contributed by atoms with Gasteiger partial charge in [-0.3, -0.25) is 10.1 Å². The van der Waals surface area contributed by atoms with Crippen molar-refractivity contribution >= 4 is 11.9 Å². The first-order chi connectivity index (χ1) is 6.02. The van der Waals surface area contributed by atoms with E-state index in [1.54, 1.807) is 14.1 Å². The van der Waals surface area contributed by atoms with E-state index >= 15 is 0 Å². The van der Waals surface area contributed by atoms with E-state index in [0.29, 0.717) is 0 Å². The van der Waals surface area contributed by atoms with Crippen molar-refractivity contribution in [3.05, 3.63) is 12.2 Å². The lowest BCUT2D eigenvalue weighted by atomic mass is 10.3. The van der Waals surface area contributed by atoms with Gasteiger partial charge in [0.15, 0.2) is 0 Å². The van der Waals surface area contributed by atoms with Gasteiger partial charge in [-0.05, 0) is 6.92 Å². The Bertz CT molecular complexity index is 223. The number of amides is 3. The molecule has 74 valence electrons. The molecule has 6 heteroatoms. The van der Waals surface area contributed by atoms with Crippen LogP contribution in [0.5, 0.6) is 0 Å². The van der Waals surface area contributed by atoms with Crippen molar-refractivity contribution in [2.24, 2.45) is 0 Å². The Kier molecular flexibility index (Phi) is 4.71. The fraction of sp³-hybridized carbons (Fsp3) is 0.429. The zero-order valence-electron chi connectivity index (χ0n) is 7.97. The summed E-state index contributed by atoms with van der Waals surface area (Å²) in [6, 6.07) is -0.585. The molecular weight excluding hydrogens is 172 g/mol. The highest BCUT2D eigenvalue weighted by molar-refractivity contribution is 6.02. The van der Waals surface area contributed by atoms with Gasteiger partial charge in [0.1, 0.15) is 0 Å². The Balaban J connectivity index is 4.13. The zero-order valence-corrected chi connectivity index (χ0v) is 7.97. The highest BCUT2D eigenvalue weighted by Crippen LogP contribution is 1.86. The Morgan fingerprint density at radius 1 is 1.23 bits per heavy atom. The van der Waals surface area contributed by atoms with Gasteiger partial charge in [0, 0.05) is 19.7 Å².